The maximum atomic E-state index is 13.3. The van der Waals surface area contributed by atoms with Crippen LogP contribution in [-0.2, 0) is 0 Å². The third kappa shape index (κ3) is 2.13. The van der Waals surface area contributed by atoms with Crippen LogP contribution in [-0.4, -0.2) is 5.78 Å². The van der Waals surface area contributed by atoms with Crippen molar-refractivity contribution in [2.24, 2.45) is 0 Å². The Morgan fingerprint density at radius 2 is 1.94 bits per heavy atom. The highest BCUT2D eigenvalue weighted by Crippen LogP contribution is 2.24. The Kier molecular flexibility index (Phi) is 3.03. The van der Waals surface area contributed by atoms with Gasteiger partial charge < -0.3 is 0 Å². The van der Waals surface area contributed by atoms with Gasteiger partial charge in [0.25, 0.3) is 0 Å². The predicted molar refractivity (Wildman–Crippen MR) is 59.1 cm³/mol. The van der Waals surface area contributed by atoms with Crippen LogP contribution in [0, 0.1) is 11.6 Å². The largest absolute Gasteiger partial charge is 0.288 e. The molecule has 0 saturated heterocycles. The van der Waals surface area contributed by atoms with Gasteiger partial charge in [-0.2, -0.15) is 0 Å². The zero-order valence-electron chi connectivity index (χ0n) is 7.84. The molecule has 0 N–H and O–H groups in total. The van der Waals surface area contributed by atoms with Gasteiger partial charge in [-0.15, -0.1) is 11.3 Å². The summed E-state index contributed by atoms with van der Waals surface area (Å²) in [6, 6.07) is 5.92. The number of thiophene rings is 1. The fraction of sp³-hybridized carbons (Fsp3) is 0. The van der Waals surface area contributed by atoms with Gasteiger partial charge >= 0.3 is 0 Å². The summed E-state index contributed by atoms with van der Waals surface area (Å²) in [5.74, 6) is -2.07. The second kappa shape index (κ2) is 4.31. The highest BCUT2D eigenvalue weighted by molar-refractivity contribution is 7.18. The van der Waals surface area contributed by atoms with E-state index in [1.54, 1.807) is 6.07 Å². The van der Waals surface area contributed by atoms with Crippen LogP contribution in [0.1, 0.15) is 15.2 Å². The molecule has 0 aliphatic heterocycles. The fourth-order valence-electron chi connectivity index (χ4n) is 1.24. The van der Waals surface area contributed by atoms with Crippen molar-refractivity contribution in [3.05, 3.63) is 56.7 Å². The second-order valence-electron chi connectivity index (χ2n) is 3.06. The summed E-state index contributed by atoms with van der Waals surface area (Å²) in [4.78, 5) is 12.1. The number of halogens is 3. The zero-order chi connectivity index (χ0) is 11.7. The molecule has 16 heavy (non-hydrogen) atoms. The van der Waals surface area contributed by atoms with Gasteiger partial charge in [-0.25, -0.2) is 8.78 Å². The molecule has 0 aliphatic rings. The molecular weight excluding hydrogens is 254 g/mol. The zero-order valence-corrected chi connectivity index (χ0v) is 9.41. The van der Waals surface area contributed by atoms with Crippen molar-refractivity contribution >= 4 is 28.7 Å². The maximum Gasteiger partial charge on any atom is 0.205 e. The average Bonchev–Trinajstić information content (AvgIpc) is 2.64. The number of carbonyl (C=O) groups excluding carboxylic acids is 1. The molecule has 0 aliphatic carbocycles. The standard InChI is InChI=1S/C11H5ClF2OS/c12-10-4-3-9(16-10)11(15)7-2-1-6(13)5-8(7)14/h1-5H. The molecule has 2 rings (SSSR count). The van der Waals surface area contributed by atoms with Crippen LogP contribution < -0.4 is 0 Å². The Morgan fingerprint density at radius 3 is 2.50 bits per heavy atom. The molecule has 1 heterocycles. The Hall–Kier alpha value is -1.26. The summed E-state index contributed by atoms with van der Waals surface area (Å²) in [7, 11) is 0. The SMILES string of the molecule is O=C(c1ccc(Cl)s1)c1ccc(F)cc1F. The number of hydrogen-bond donors (Lipinski definition) is 0. The van der Waals surface area contributed by atoms with Crippen LogP contribution in [0.3, 0.4) is 0 Å². The molecule has 82 valence electrons. The molecule has 0 saturated carbocycles. The highest BCUT2D eigenvalue weighted by atomic mass is 35.5. The third-order valence-electron chi connectivity index (χ3n) is 1.97. The molecule has 1 nitrogen and oxygen atoms in total. The average molecular weight is 259 g/mol. The molecular formula is C11H5ClF2OS. The Bertz CT molecular complexity index is 551. The van der Waals surface area contributed by atoms with Gasteiger partial charge in [-0.3, -0.25) is 4.79 Å². The summed E-state index contributed by atoms with van der Waals surface area (Å²) >= 11 is 6.73. The van der Waals surface area contributed by atoms with Crippen LogP contribution in [0.5, 0.6) is 0 Å². The van der Waals surface area contributed by atoms with E-state index in [4.69, 9.17) is 11.6 Å². The second-order valence-corrected chi connectivity index (χ2v) is 4.77. The molecule has 1 aromatic heterocycles. The van der Waals surface area contributed by atoms with Crippen molar-refractivity contribution in [2.75, 3.05) is 0 Å². The summed E-state index contributed by atoms with van der Waals surface area (Å²) in [6.45, 7) is 0. The number of hydrogen-bond acceptors (Lipinski definition) is 2. The van der Waals surface area contributed by atoms with E-state index in [0.29, 0.717) is 15.3 Å². The van der Waals surface area contributed by atoms with E-state index in [1.807, 2.05) is 0 Å². The van der Waals surface area contributed by atoms with Crippen molar-refractivity contribution in [3.8, 4) is 0 Å². The number of ketones is 1. The lowest BCUT2D eigenvalue weighted by molar-refractivity contribution is 0.103. The van der Waals surface area contributed by atoms with Gasteiger partial charge in [0.2, 0.25) is 5.78 Å². The Balaban J connectivity index is 2.41. The first-order chi connectivity index (χ1) is 7.58. The topological polar surface area (TPSA) is 17.1 Å². The first kappa shape index (κ1) is 11.2. The minimum atomic E-state index is -0.866. The van der Waals surface area contributed by atoms with E-state index in [2.05, 4.69) is 0 Å². The number of carbonyl (C=O) groups is 1. The monoisotopic (exact) mass is 258 g/mol. The van der Waals surface area contributed by atoms with Crippen LogP contribution >= 0.6 is 22.9 Å². The van der Waals surface area contributed by atoms with E-state index in [1.165, 1.54) is 6.07 Å². The van der Waals surface area contributed by atoms with E-state index in [0.717, 1.165) is 23.5 Å². The molecule has 0 unspecified atom stereocenters. The fourth-order valence-corrected chi connectivity index (χ4v) is 2.24. The Labute approximate surface area is 99.3 Å². The lowest BCUT2D eigenvalue weighted by Gasteiger charge is -1.99. The molecule has 0 bridgehead atoms. The lowest BCUT2D eigenvalue weighted by atomic mass is 10.1. The van der Waals surface area contributed by atoms with Gasteiger partial charge in [0.1, 0.15) is 11.6 Å². The Morgan fingerprint density at radius 1 is 1.19 bits per heavy atom. The molecule has 2 aromatic rings. The molecule has 0 amide bonds. The summed E-state index contributed by atoms with van der Waals surface area (Å²) < 4.78 is 26.4. The van der Waals surface area contributed by atoms with E-state index in [9.17, 15) is 13.6 Å². The van der Waals surface area contributed by atoms with Crippen LogP contribution in [0.15, 0.2) is 30.3 Å². The van der Waals surface area contributed by atoms with Crippen molar-refractivity contribution < 1.29 is 13.6 Å². The molecule has 5 heteroatoms. The van der Waals surface area contributed by atoms with Crippen LogP contribution in [0.25, 0.3) is 0 Å². The molecule has 0 spiro atoms. The third-order valence-corrected chi connectivity index (χ3v) is 3.20. The minimum absolute atomic E-state index is 0.153. The normalized spacial score (nSPS) is 10.4. The van der Waals surface area contributed by atoms with Crippen molar-refractivity contribution in [1.29, 1.82) is 0 Å². The summed E-state index contributed by atoms with van der Waals surface area (Å²) in [5.41, 5.74) is -0.153. The molecule has 0 atom stereocenters. The quantitative estimate of drug-likeness (QED) is 0.747. The minimum Gasteiger partial charge on any atom is -0.288 e. The predicted octanol–water partition coefficient (Wildman–Crippen LogP) is 3.91. The van der Waals surface area contributed by atoms with Gasteiger partial charge in [0.05, 0.1) is 14.8 Å². The molecule has 0 fully saturated rings. The van der Waals surface area contributed by atoms with Crippen LogP contribution in [0.2, 0.25) is 4.34 Å². The summed E-state index contributed by atoms with van der Waals surface area (Å²) in [5, 5.41) is 0. The van der Waals surface area contributed by atoms with E-state index < -0.39 is 17.4 Å². The van der Waals surface area contributed by atoms with Gasteiger partial charge in [0, 0.05) is 6.07 Å². The maximum absolute atomic E-state index is 13.3. The lowest BCUT2D eigenvalue weighted by Crippen LogP contribution is -2.02. The van der Waals surface area contributed by atoms with E-state index >= 15 is 0 Å². The van der Waals surface area contributed by atoms with E-state index in [-0.39, 0.29) is 5.56 Å². The van der Waals surface area contributed by atoms with Crippen molar-refractivity contribution in [1.82, 2.24) is 0 Å². The highest BCUT2D eigenvalue weighted by Gasteiger charge is 2.16. The number of benzene rings is 1. The number of rotatable bonds is 2. The molecule has 0 radical (unpaired) electrons. The van der Waals surface area contributed by atoms with Crippen molar-refractivity contribution in [2.45, 2.75) is 0 Å². The van der Waals surface area contributed by atoms with Crippen LogP contribution in [0.4, 0.5) is 8.78 Å². The summed E-state index contributed by atoms with van der Waals surface area (Å²) in [6.07, 6.45) is 0. The smallest absolute Gasteiger partial charge is 0.205 e. The van der Waals surface area contributed by atoms with Gasteiger partial charge in [-0.1, -0.05) is 11.6 Å². The van der Waals surface area contributed by atoms with Gasteiger partial charge in [-0.05, 0) is 24.3 Å². The van der Waals surface area contributed by atoms with Crippen molar-refractivity contribution in [3.63, 3.8) is 0 Å². The molecule has 1 aromatic carbocycles. The first-order valence-electron chi connectivity index (χ1n) is 4.33. The first-order valence-corrected chi connectivity index (χ1v) is 5.52. The van der Waals surface area contributed by atoms with Gasteiger partial charge in [0.15, 0.2) is 0 Å².